The van der Waals surface area contributed by atoms with Crippen LogP contribution in [0.2, 0.25) is 0 Å². The topological polar surface area (TPSA) is 75.7 Å². The molecule has 29 heavy (non-hydrogen) atoms. The molecule has 6 heteroatoms. The summed E-state index contributed by atoms with van der Waals surface area (Å²) in [4.78, 5) is 37.7. The first kappa shape index (κ1) is 23.1. The van der Waals surface area contributed by atoms with Crippen LogP contribution in [0, 0.1) is 5.41 Å². The average molecular weight is 403 g/mol. The van der Waals surface area contributed by atoms with Gasteiger partial charge in [0.25, 0.3) is 0 Å². The smallest absolute Gasteiger partial charge is 0.330 e. The number of rotatable bonds is 10. The van der Waals surface area contributed by atoms with Gasteiger partial charge in [-0.25, -0.2) is 10.2 Å². The molecule has 1 amide bonds. The normalized spacial score (nSPS) is 17.1. The highest BCUT2D eigenvalue weighted by atomic mass is 16.5. The molecule has 1 atom stereocenters. The van der Waals surface area contributed by atoms with E-state index in [1.165, 1.54) is 10.6 Å². The van der Waals surface area contributed by atoms with Crippen molar-refractivity contribution in [2.45, 2.75) is 71.8 Å². The third-order valence-corrected chi connectivity index (χ3v) is 5.63. The van der Waals surface area contributed by atoms with Gasteiger partial charge in [0, 0.05) is 12.0 Å². The summed E-state index contributed by atoms with van der Waals surface area (Å²) in [6.07, 6.45) is 5.63. The molecule has 1 unspecified atom stereocenters. The predicted octanol–water partition coefficient (Wildman–Crippen LogP) is 3.44. The predicted molar refractivity (Wildman–Crippen MR) is 112 cm³/mol. The fourth-order valence-corrected chi connectivity index (χ4v) is 3.25. The van der Waals surface area contributed by atoms with E-state index in [-0.39, 0.29) is 0 Å². The minimum atomic E-state index is -0.747. The van der Waals surface area contributed by atoms with Crippen molar-refractivity contribution in [1.29, 1.82) is 0 Å². The van der Waals surface area contributed by atoms with Crippen molar-refractivity contribution in [2.75, 3.05) is 13.2 Å². The van der Waals surface area contributed by atoms with Crippen LogP contribution in [-0.4, -0.2) is 41.9 Å². The van der Waals surface area contributed by atoms with E-state index in [2.05, 4.69) is 17.6 Å². The summed E-state index contributed by atoms with van der Waals surface area (Å²) >= 11 is 0. The Morgan fingerprint density at radius 2 is 1.86 bits per heavy atom. The van der Waals surface area contributed by atoms with E-state index >= 15 is 0 Å². The highest BCUT2D eigenvalue weighted by Gasteiger charge is 2.40. The van der Waals surface area contributed by atoms with Crippen LogP contribution in [0.1, 0.15) is 64.9 Å². The van der Waals surface area contributed by atoms with Gasteiger partial charge in [0.05, 0.1) is 6.61 Å². The number of hydrogen-bond donors (Lipinski definition) is 1. The number of nitrogens with zero attached hydrogens (tertiary/aromatic N) is 1. The number of ketones is 1. The highest BCUT2D eigenvalue weighted by Crippen LogP contribution is 2.23. The van der Waals surface area contributed by atoms with Gasteiger partial charge in [-0.05, 0) is 50.5 Å². The van der Waals surface area contributed by atoms with E-state index in [0.29, 0.717) is 26.0 Å². The molecule has 0 radical (unpaired) electrons. The number of unbranched alkanes of at least 4 members (excludes halogenated alkanes) is 2. The van der Waals surface area contributed by atoms with Crippen LogP contribution in [-0.2, 0) is 25.5 Å². The molecule has 0 spiro atoms. The van der Waals surface area contributed by atoms with Crippen molar-refractivity contribution in [3.05, 3.63) is 35.9 Å². The van der Waals surface area contributed by atoms with Crippen LogP contribution in [0.15, 0.2) is 30.3 Å². The molecule has 1 aliphatic heterocycles. The van der Waals surface area contributed by atoms with Crippen LogP contribution in [0.25, 0.3) is 0 Å². The monoisotopic (exact) mass is 402 g/mol. The second-order valence-corrected chi connectivity index (χ2v) is 8.27. The average Bonchev–Trinajstić information content (AvgIpc) is 2.75. The van der Waals surface area contributed by atoms with Gasteiger partial charge in [-0.2, -0.15) is 0 Å². The molecule has 0 aromatic heterocycles. The van der Waals surface area contributed by atoms with Crippen molar-refractivity contribution < 1.29 is 19.1 Å². The number of amides is 1. The lowest BCUT2D eigenvalue weighted by atomic mass is 9.84. The zero-order valence-electron chi connectivity index (χ0n) is 17.9. The Morgan fingerprint density at radius 3 is 2.55 bits per heavy atom. The summed E-state index contributed by atoms with van der Waals surface area (Å²) < 4.78 is 5.42. The Kier molecular flexibility index (Phi) is 8.83. The number of carbonyl (C=O) groups excluding carboxylic acids is 3. The van der Waals surface area contributed by atoms with Gasteiger partial charge in [-0.15, -0.1) is 0 Å². The molecule has 2 rings (SSSR count). The standard InChI is InChI=1S/C23H34N2O4/c1-4-23(2,3)20(26)21(27)25-19(15-11-16-24-25)22(28)29-17-10-6-9-14-18-12-7-5-8-13-18/h5,7-8,12-13,19,24H,4,6,9-11,14-17H2,1-3H3. The number of benzene rings is 1. The Bertz CT molecular complexity index is 687. The molecule has 0 bridgehead atoms. The summed E-state index contributed by atoms with van der Waals surface area (Å²) in [5, 5.41) is 1.20. The number of Topliss-reactive ketones (excluding diaryl/α,β-unsaturated/α-hetero) is 1. The minimum absolute atomic E-state index is 0.334. The summed E-state index contributed by atoms with van der Waals surface area (Å²) in [5.41, 5.74) is 3.48. The molecule has 0 aliphatic carbocycles. The van der Waals surface area contributed by atoms with Crippen molar-refractivity contribution in [3.8, 4) is 0 Å². The van der Waals surface area contributed by atoms with E-state index in [4.69, 9.17) is 4.74 Å². The van der Waals surface area contributed by atoms with E-state index in [1.54, 1.807) is 13.8 Å². The fraction of sp³-hybridized carbons (Fsp3) is 0.609. The lowest BCUT2D eigenvalue weighted by Crippen LogP contribution is -2.59. The third-order valence-electron chi connectivity index (χ3n) is 5.63. The number of hydrazine groups is 1. The zero-order valence-corrected chi connectivity index (χ0v) is 17.9. The maximum absolute atomic E-state index is 12.7. The first-order chi connectivity index (χ1) is 13.9. The number of ether oxygens (including phenoxy) is 1. The second-order valence-electron chi connectivity index (χ2n) is 8.27. The van der Waals surface area contributed by atoms with Crippen LogP contribution in [0.5, 0.6) is 0 Å². The maximum atomic E-state index is 12.7. The summed E-state index contributed by atoms with van der Waals surface area (Å²) in [7, 11) is 0. The van der Waals surface area contributed by atoms with Crippen LogP contribution >= 0.6 is 0 Å². The fourth-order valence-electron chi connectivity index (χ4n) is 3.25. The van der Waals surface area contributed by atoms with E-state index in [1.807, 2.05) is 25.1 Å². The van der Waals surface area contributed by atoms with E-state index in [0.717, 1.165) is 32.1 Å². The second kappa shape index (κ2) is 11.1. The number of aryl methyl sites for hydroxylation is 1. The van der Waals surface area contributed by atoms with E-state index < -0.39 is 29.1 Å². The molecule has 1 heterocycles. The van der Waals surface area contributed by atoms with Crippen molar-refractivity contribution in [3.63, 3.8) is 0 Å². The molecule has 1 fully saturated rings. The molecule has 1 aliphatic rings. The van der Waals surface area contributed by atoms with Crippen LogP contribution < -0.4 is 5.43 Å². The molecule has 1 saturated heterocycles. The maximum Gasteiger partial charge on any atom is 0.330 e. The minimum Gasteiger partial charge on any atom is -0.464 e. The zero-order chi connectivity index (χ0) is 21.3. The van der Waals surface area contributed by atoms with Gasteiger partial charge >= 0.3 is 11.9 Å². The Balaban J connectivity index is 1.78. The molecule has 0 saturated carbocycles. The number of esters is 1. The van der Waals surface area contributed by atoms with Gasteiger partial charge in [0.2, 0.25) is 5.78 Å². The largest absolute Gasteiger partial charge is 0.464 e. The van der Waals surface area contributed by atoms with Crippen molar-refractivity contribution in [2.24, 2.45) is 5.41 Å². The molecule has 6 nitrogen and oxygen atoms in total. The Hall–Kier alpha value is -2.21. The molecule has 1 aromatic carbocycles. The van der Waals surface area contributed by atoms with Gasteiger partial charge in [-0.1, -0.05) is 51.1 Å². The molecular formula is C23H34N2O4. The van der Waals surface area contributed by atoms with Gasteiger partial charge in [0.15, 0.2) is 0 Å². The van der Waals surface area contributed by atoms with Crippen LogP contribution in [0.3, 0.4) is 0 Å². The number of carbonyl (C=O) groups is 3. The van der Waals surface area contributed by atoms with Gasteiger partial charge in [0.1, 0.15) is 6.04 Å². The molecular weight excluding hydrogens is 368 g/mol. The lowest BCUT2D eigenvalue weighted by Gasteiger charge is -2.35. The first-order valence-corrected chi connectivity index (χ1v) is 10.7. The summed E-state index contributed by atoms with van der Waals surface area (Å²) in [6, 6.07) is 9.57. The molecule has 160 valence electrons. The molecule has 1 N–H and O–H groups in total. The third kappa shape index (κ3) is 6.67. The SMILES string of the molecule is CCC(C)(C)C(=O)C(=O)N1NCCCC1C(=O)OCCCCCc1ccccc1. The lowest BCUT2D eigenvalue weighted by molar-refractivity contribution is -0.164. The van der Waals surface area contributed by atoms with Crippen molar-refractivity contribution >= 4 is 17.7 Å². The van der Waals surface area contributed by atoms with Gasteiger partial charge in [-0.3, -0.25) is 14.6 Å². The summed E-state index contributed by atoms with van der Waals surface area (Å²) in [5.74, 6) is -1.56. The Morgan fingerprint density at radius 1 is 1.14 bits per heavy atom. The van der Waals surface area contributed by atoms with Crippen LogP contribution in [0.4, 0.5) is 0 Å². The molecule has 1 aromatic rings. The quantitative estimate of drug-likeness (QED) is 0.369. The Labute approximate surface area is 174 Å². The number of hydrogen-bond acceptors (Lipinski definition) is 5. The van der Waals surface area contributed by atoms with Crippen molar-refractivity contribution in [1.82, 2.24) is 10.4 Å². The van der Waals surface area contributed by atoms with Gasteiger partial charge < -0.3 is 4.74 Å². The van der Waals surface area contributed by atoms with E-state index in [9.17, 15) is 14.4 Å². The highest BCUT2D eigenvalue weighted by molar-refractivity contribution is 6.38. The first-order valence-electron chi connectivity index (χ1n) is 10.7. The number of nitrogens with one attached hydrogen (secondary N) is 1. The summed E-state index contributed by atoms with van der Waals surface area (Å²) in [6.45, 7) is 6.27.